The second kappa shape index (κ2) is 7.96. The molecule has 0 aliphatic carbocycles. The summed E-state index contributed by atoms with van der Waals surface area (Å²) in [7, 11) is 3.48. The fourth-order valence-electron chi connectivity index (χ4n) is 4.02. The van der Waals surface area contributed by atoms with E-state index in [1.807, 2.05) is 25.4 Å². The van der Waals surface area contributed by atoms with Gasteiger partial charge in [-0.3, -0.25) is 4.68 Å². The molecule has 0 radical (unpaired) electrons. The molecule has 31 heavy (non-hydrogen) atoms. The predicted molar refractivity (Wildman–Crippen MR) is 117 cm³/mol. The Morgan fingerprint density at radius 2 is 1.84 bits per heavy atom. The molecule has 1 aliphatic heterocycles. The van der Waals surface area contributed by atoms with Crippen LogP contribution in [0.1, 0.15) is 0 Å². The standard InChI is InChI=1S/C23H22FN5O2/c1-28-13-17(23(27-28)15-5-3-4-6-18(15)24)22-16-11-20(29-7-9-31-10-8-29)21(30-2)12-19(16)25-14-26-22/h3-6,11-14H,7-10H2,1-2H3. The number of rotatable bonds is 4. The molecule has 0 amide bonds. The van der Waals surface area contributed by atoms with Gasteiger partial charge in [0.2, 0.25) is 0 Å². The number of hydrogen-bond donors (Lipinski definition) is 0. The Morgan fingerprint density at radius 1 is 1.03 bits per heavy atom. The van der Waals surface area contributed by atoms with Crippen molar-refractivity contribution in [3.8, 4) is 28.3 Å². The molecule has 0 saturated carbocycles. The van der Waals surface area contributed by atoms with Crippen molar-refractivity contribution in [2.75, 3.05) is 38.3 Å². The molecule has 0 N–H and O–H groups in total. The minimum atomic E-state index is -0.323. The zero-order chi connectivity index (χ0) is 21.4. The van der Waals surface area contributed by atoms with E-state index in [0.717, 1.165) is 41.0 Å². The van der Waals surface area contributed by atoms with Gasteiger partial charge in [0.1, 0.15) is 23.6 Å². The van der Waals surface area contributed by atoms with Crippen LogP contribution in [0, 0.1) is 5.82 Å². The molecule has 2 aromatic heterocycles. The second-order valence-electron chi connectivity index (χ2n) is 7.41. The van der Waals surface area contributed by atoms with E-state index >= 15 is 0 Å². The van der Waals surface area contributed by atoms with Crippen molar-refractivity contribution in [3.63, 3.8) is 0 Å². The number of fused-ring (bicyclic) bond motifs is 1. The van der Waals surface area contributed by atoms with E-state index in [0.29, 0.717) is 30.2 Å². The third kappa shape index (κ3) is 3.48. The van der Waals surface area contributed by atoms with Crippen molar-refractivity contribution < 1.29 is 13.9 Å². The molecule has 0 atom stereocenters. The first-order valence-corrected chi connectivity index (χ1v) is 10.1. The smallest absolute Gasteiger partial charge is 0.144 e. The predicted octanol–water partition coefficient (Wildman–Crippen LogP) is 3.68. The molecule has 158 valence electrons. The van der Waals surface area contributed by atoms with Gasteiger partial charge < -0.3 is 14.4 Å². The van der Waals surface area contributed by atoms with Crippen LogP contribution in [0.4, 0.5) is 10.1 Å². The summed E-state index contributed by atoms with van der Waals surface area (Å²) in [5.41, 5.74) is 4.15. The summed E-state index contributed by atoms with van der Waals surface area (Å²) in [6.45, 7) is 2.88. The number of ether oxygens (including phenoxy) is 2. The van der Waals surface area contributed by atoms with Gasteiger partial charge in [0, 0.05) is 48.9 Å². The van der Waals surface area contributed by atoms with Gasteiger partial charge in [-0.1, -0.05) is 12.1 Å². The number of morpholine rings is 1. The molecule has 2 aromatic carbocycles. The Labute approximate surface area is 179 Å². The van der Waals surface area contributed by atoms with Crippen LogP contribution in [-0.2, 0) is 11.8 Å². The van der Waals surface area contributed by atoms with Crippen LogP contribution in [0.25, 0.3) is 33.4 Å². The average molecular weight is 419 g/mol. The lowest BCUT2D eigenvalue weighted by atomic mass is 10.0. The van der Waals surface area contributed by atoms with Crippen molar-refractivity contribution in [3.05, 3.63) is 54.7 Å². The molecule has 0 spiro atoms. The molecule has 5 rings (SSSR count). The summed E-state index contributed by atoms with van der Waals surface area (Å²) in [6, 6.07) is 10.6. The van der Waals surface area contributed by atoms with Crippen molar-refractivity contribution in [2.45, 2.75) is 0 Å². The maximum absolute atomic E-state index is 14.6. The Hall–Kier alpha value is -3.52. The summed E-state index contributed by atoms with van der Waals surface area (Å²) in [5, 5.41) is 5.39. The van der Waals surface area contributed by atoms with Gasteiger partial charge in [0.05, 0.1) is 37.2 Å². The van der Waals surface area contributed by atoms with Gasteiger partial charge in [-0.25, -0.2) is 14.4 Å². The van der Waals surface area contributed by atoms with Gasteiger partial charge in [-0.2, -0.15) is 5.10 Å². The molecule has 7 nitrogen and oxygen atoms in total. The Balaban J connectivity index is 1.72. The molecule has 0 bridgehead atoms. The van der Waals surface area contributed by atoms with Crippen LogP contribution < -0.4 is 9.64 Å². The molecule has 1 fully saturated rings. The fraction of sp³-hybridized carbons (Fsp3) is 0.261. The van der Waals surface area contributed by atoms with Crippen LogP contribution in [0.5, 0.6) is 5.75 Å². The Morgan fingerprint density at radius 3 is 2.61 bits per heavy atom. The maximum Gasteiger partial charge on any atom is 0.144 e. The van der Waals surface area contributed by atoms with Crippen LogP contribution in [0.15, 0.2) is 48.9 Å². The van der Waals surface area contributed by atoms with E-state index in [2.05, 4.69) is 20.0 Å². The van der Waals surface area contributed by atoms with Crippen LogP contribution in [-0.4, -0.2) is 53.2 Å². The number of nitrogens with zero attached hydrogens (tertiary/aromatic N) is 5. The Kier molecular flexibility index (Phi) is 4.99. The van der Waals surface area contributed by atoms with Crippen LogP contribution >= 0.6 is 0 Å². The first kappa shape index (κ1) is 19.4. The highest BCUT2D eigenvalue weighted by Gasteiger charge is 2.22. The second-order valence-corrected chi connectivity index (χ2v) is 7.41. The zero-order valence-electron chi connectivity index (χ0n) is 17.4. The average Bonchev–Trinajstić information content (AvgIpc) is 3.19. The van der Waals surface area contributed by atoms with Crippen LogP contribution in [0.2, 0.25) is 0 Å². The molecule has 4 aromatic rings. The lowest BCUT2D eigenvalue weighted by molar-refractivity contribution is 0.122. The van der Waals surface area contributed by atoms with E-state index in [1.165, 1.54) is 12.4 Å². The summed E-state index contributed by atoms with van der Waals surface area (Å²) >= 11 is 0. The SMILES string of the molecule is COc1cc2ncnc(-c3cn(C)nc3-c3ccccc3F)c2cc1N1CCOCC1. The van der Waals surface area contributed by atoms with Gasteiger partial charge in [-0.15, -0.1) is 0 Å². The summed E-state index contributed by atoms with van der Waals surface area (Å²) in [4.78, 5) is 11.3. The van der Waals surface area contributed by atoms with E-state index in [4.69, 9.17) is 9.47 Å². The first-order valence-electron chi connectivity index (χ1n) is 10.1. The van der Waals surface area contributed by atoms with Gasteiger partial charge in [0.25, 0.3) is 0 Å². The number of methoxy groups -OCH3 is 1. The molecular formula is C23H22FN5O2. The molecule has 3 heterocycles. The van der Waals surface area contributed by atoms with Crippen molar-refractivity contribution in [1.29, 1.82) is 0 Å². The number of anilines is 1. The minimum absolute atomic E-state index is 0.323. The summed E-state index contributed by atoms with van der Waals surface area (Å²) in [5.74, 6) is 0.427. The first-order chi connectivity index (χ1) is 15.2. The topological polar surface area (TPSA) is 65.3 Å². The normalized spacial score (nSPS) is 14.2. The number of benzene rings is 2. The van der Waals surface area contributed by atoms with E-state index in [1.54, 1.807) is 30.0 Å². The minimum Gasteiger partial charge on any atom is -0.495 e. The summed E-state index contributed by atoms with van der Waals surface area (Å²) in [6.07, 6.45) is 3.38. The number of aryl methyl sites for hydroxylation is 1. The van der Waals surface area contributed by atoms with E-state index in [9.17, 15) is 4.39 Å². The van der Waals surface area contributed by atoms with Gasteiger partial charge in [-0.05, 0) is 18.2 Å². The largest absolute Gasteiger partial charge is 0.495 e. The zero-order valence-corrected chi connectivity index (χ0v) is 17.4. The number of aromatic nitrogens is 4. The summed E-state index contributed by atoms with van der Waals surface area (Å²) < 4.78 is 27.4. The fourth-order valence-corrected chi connectivity index (χ4v) is 4.02. The highest BCUT2D eigenvalue weighted by atomic mass is 19.1. The maximum atomic E-state index is 14.6. The van der Waals surface area contributed by atoms with Crippen molar-refractivity contribution in [2.24, 2.45) is 7.05 Å². The van der Waals surface area contributed by atoms with Gasteiger partial charge >= 0.3 is 0 Å². The quantitative estimate of drug-likeness (QED) is 0.503. The van der Waals surface area contributed by atoms with Crippen molar-refractivity contribution in [1.82, 2.24) is 19.7 Å². The monoisotopic (exact) mass is 419 g/mol. The lowest BCUT2D eigenvalue weighted by Gasteiger charge is -2.30. The third-order valence-corrected chi connectivity index (χ3v) is 5.50. The molecule has 8 heteroatoms. The van der Waals surface area contributed by atoms with Crippen LogP contribution in [0.3, 0.4) is 0 Å². The molecule has 1 aliphatic rings. The number of halogens is 1. The van der Waals surface area contributed by atoms with Gasteiger partial charge in [0.15, 0.2) is 0 Å². The van der Waals surface area contributed by atoms with E-state index in [-0.39, 0.29) is 5.82 Å². The van der Waals surface area contributed by atoms with Crippen molar-refractivity contribution >= 4 is 16.6 Å². The Bertz CT molecular complexity index is 1250. The third-order valence-electron chi connectivity index (χ3n) is 5.50. The number of hydrogen-bond acceptors (Lipinski definition) is 6. The highest BCUT2D eigenvalue weighted by Crippen LogP contribution is 2.39. The lowest BCUT2D eigenvalue weighted by Crippen LogP contribution is -2.36. The highest BCUT2D eigenvalue weighted by molar-refractivity contribution is 5.98. The molecular weight excluding hydrogens is 397 g/mol. The molecule has 1 saturated heterocycles. The van der Waals surface area contributed by atoms with E-state index < -0.39 is 0 Å². The molecule has 0 unspecified atom stereocenters.